The van der Waals surface area contributed by atoms with Gasteiger partial charge in [-0.2, -0.15) is 0 Å². The molecule has 3 nitrogen and oxygen atoms in total. The van der Waals surface area contributed by atoms with Gasteiger partial charge in [-0.1, -0.05) is 0 Å². The van der Waals surface area contributed by atoms with E-state index in [0.717, 1.165) is 17.3 Å². The Hall–Kier alpha value is -1.03. The van der Waals surface area contributed by atoms with E-state index in [9.17, 15) is 4.79 Å². The Morgan fingerprint density at radius 3 is 2.73 bits per heavy atom. The maximum Gasteiger partial charge on any atom is 0.251 e. The molecule has 0 radical (unpaired) electrons. The molecule has 1 aromatic carbocycles. The first-order valence-corrected chi connectivity index (χ1v) is 5.67. The molecular formula is C11H13BrN2O. The van der Waals surface area contributed by atoms with E-state index in [0.29, 0.717) is 11.3 Å². The molecule has 15 heavy (non-hydrogen) atoms. The van der Waals surface area contributed by atoms with E-state index in [1.165, 1.54) is 0 Å². The molecule has 0 heterocycles. The van der Waals surface area contributed by atoms with Gasteiger partial charge in [-0.05, 0) is 53.9 Å². The average Bonchev–Trinajstić information content (AvgIpc) is 2.88. The normalized spacial score (nSPS) is 17.2. The lowest BCUT2D eigenvalue weighted by Gasteiger charge is -2.11. The largest absolute Gasteiger partial charge is 0.398 e. The minimum absolute atomic E-state index is 0.0128. The van der Waals surface area contributed by atoms with Gasteiger partial charge in [0.15, 0.2) is 0 Å². The third-order valence-electron chi connectivity index (χ3n) is 2.67. The molecule has 0 atom stereocenters. The zero-order valence-electron chi connectivity index (χ0n) is 8.51. The van der Waals surface area contributed by atoms with Gasteiger partial charge in [0.2, 0.25) is 0 Å². The molecular weight excluding hydrogens is 256 g/mol. The summed E-state index contributed by atoms with van der Waals surface area (Å²) in [7, 11) is 0. The van der Waals surface area contributed by atoms with Crippen molar-refractivity contribution >= 4 is 27.5 Å². The Morgan fingerprint density at radius 1 is 1.53 bits per heavy atom. The van der Waals surface area contributed by atoms with E-state index in [4.69, 9.17) is 5.73 Å². The van der Waals surface area contributed by atoms with Crippen molar-refractivity contribution in [1.29, 1.82) is 0 Å². The summed E-state index contributed by atoms with van der Waals surface area (Å²) in [6.07, 6.45) is 2.12. The molecule has 80 valence electrons. The van der Waals surface area contributed by atoms with Gasteiger partial charge in [-0.3, -0.25) is 4.79 Å². The minimum Gasteiger partial charge on any atom is -0.398 e. The monoisotopic (exact) mass is 268 g/mol. The van der Waals surface area contributed by atoms with Gasteiger partial charge < -0.3 is 11.1 Å². The molecule has 4 heteroatoms. The second-order valence-electron chi connectivity index (χ2n) is 4.25. The second-order valence-corrected chi connectivity index (χ2v) is 5.11. The quantitative estimate of drug-likeness (QED) is 0.809. The van der Waals surface area contributed by atoms with Crippen LogP contribution in [-0.4, -0.2) is 11.4 Å². The first-order chi connectivity index (χ1) is 7.00. The van der Waals surface area contributed by atoms with Crippen LogP contribution in [0.3, 0.4) is 0 Å². The molecule has 0 unspecified atom stereocenters. The van der Waals surface area contributed by atoms with Crippen molar-refractivity contribution in [3.05, 3.63) is 28.2 Å². The van der Waals surface area contributed by atoms with Gasteiger partial charge in [0.1, 0.15) is 0 Å². The minimum atomic E-state index is -0.0470. The van der Waals surface area contributed by atoms with Gasteiger partial charge in [0.25, 0.3) is 5.91 Å². The highest BCUT2D eigenvalue weighted by atomic mass is 79.9. The van der Waals surface area contributed by atoms with Crippen LogP contribution >= 0.6 is 15.9 Å². The van der Waals surface area contributed by atoms with Crippen LogP contribution in [0.5, 0.6) is 0 Å². The molecule has 1 amide bonds. The lowest BCUT2D eigenvalue weighted by Crippen LogP contribution is -2.34. The predicted molar refractivity (Wildman–Crippen MR) is 63.7 cm³/mol. The third-order valence-corrected chi connectivity index (χ3v) is 3.40. The van der Waals surface area contributed by atoms with E-state index in [-0.39, 0.29) is 11.4 Å². The van der Waals surface area contributed by atoms with Crippen LogP contribution in [0.4, 0.5) is 5.69 Å². The Bertz CT molecular complexity index is 413. The molecule has 0 aliphatic heterocycles. The highest BCUT2D eigenvalue weighted by molar-refractivity contribution is 9.10. The van der Waals surface area contributed by atoms with Crippen LogP contribution in [0.1, 0.15) is 30.1 Å². The average molecular weight is 269 g/mol. The fourth-order valence-corrected chi connectivity index (χ4v) is 1.59. The number of hydrogen-bond acceptors (Lipinski definition) is 2. The number of rotatable bonds is 2. The fraction of sp³-hybridized carbons (Fsp3) is 0.364. The van der Waals surface area contributed by atoms with Crippen molar-refractivity contribution in [2.24, 2.45) is 0 Å². The molecule has 1 saturated carbocycles. The Balaban J connectivity index is 2.15. The number of carbonyl (C=O) groups is 1. The van der Waals surface area contributed by atoms with Crippen molar-refractivity contribution in [2.45, 2.75) is 25.3 Å². The number of nitrogens with two attached hydrogens (primary N) is 1. The summed E-state index contributed by atoms with van der Waals surface area (Å²) in [5.41, 5.74) is 6.93. The number of nitrogens with one attached hydrogen (secondary N) is 1. The molecule has 2 rings (SSSR count). The van der Waals surface area contributed by atoms with Crippen molar-refractivity contribution in [3.63, 3.8) is 0 Å². The van der Waals surface area contributed by atoms with Crippen molar-refractivity contribution < 1.29 is 4.79 Å². The van der Waals surface area contributed by atoms with E-state index < -0.39 is 0 Å². The number of carbonyl (C=O) groups excluding carboxylic acids is 1. The van der Waals surface area contributed by atoms with Crippen LogP contribution < -0.4 is 11.1 Å². The van der Waals surface area contributed by atoms with Crippen molar-refractivity contribution in [1.82, 2.24) is 5.32 Å². The van der Waals surface area contributed by atoms with Gasteiger partial charge in [-0.25, -0.2) is 0 Å². The van der Waals surface area contributed by atoms with Crippen LogP contribution in [0, 0.1) is 0 Å². The highest BCUT2D eigenvalue weighted by Crippen LogP contribution is 2.34. The van der Waals surface area contributed by atoms with Gasteiger partial charge >= 0.3 is 0 Å². The summed E-state index contributed by atoms with van der Waals surface area (Å²) < 4.78 is 0.816. The topological polar surface area (TPSA) is 55.1 Å². The van der Waals surface area contributed by atoms with Crippen molar-refractivity contribution in [2.75, 3.05) is 5.73 Å². The number of benzene rings is 1. The summed E-state index contributed by atoms with van der Waals surface area (Å²) in [6, 6.07) is 5.24. The van der Waals surface area contributed by atoms with Gasteiger partial charge in [0.05, 0.1) is 0 Å². The van der Waals surface area contributed by atoms with Gasteiger partial charge in [-0.15, -0.1) is 0 Å². The van der Waals surface area contributed by atoms with E-state index >= 15 is 0 Å². The smallest absolute Gasteiger partial charge is 0.251 e. The molecule has 0 spiro atoms. The number of anilines is 1. The van der Waals surface area contributed by atoms with Crippen LogP contribution in [0.15, 0.2) is 22.7 Å². The molecule has 0 aromatic heterocycles. The lowest BCUT2D eigenvalue weighted by molar-refractivity contribution is 0.0935. The zero-order valence-corrected chi connectivity index (χ0v) is 10.1. The van der Waals surface area contributed by atoms with Crippen LogP contribution in [0.25, 0.3) is 0 Å². The lowest BCUT2D eigenvalue weighted by atomic mass is 10.1. The summed E-state index contributed by atoms with van der Waals surface area (Å²) in [5, 5.41) is 2.98. The summed E-state index contributed by atoms with van der Waals surface area (Å²) in [6.45, 7) is 2.05. The molecule has 1 aliphatic rings. The maximum absolute atomic E-state index is 11.8. The second kappa shape index (κ2) is 3.52. The zero-order chi connectivity index (χ0) is 11.1. The molecule has 1 fully saturated rings. The maximum atomic E-state index is 11.8. The molecule has 1 aliphatic carbocycles. The SMILES string of the molecule is CC1(NC(=O)c2ccc(Br)c(N)c2)CC1. The van der Waals surface area contributed by atoms with E-state index in [1.807, 2.05) is 6.92 Å². The van der Waals surface area contributed by atoms with Crippen LogP contribution in [-0.2, 0) is 0 Å². The molecule has 0 saturated heterocycles. The first kappa shape index (κ1) is 10.5. The standard InChI is InChI=1S/C11H13BrN2O/c1-11(4-5-11)14-10(15)7-2-3-8(12)9(13)6-7/h2-3,6H,4-5,13H2,1H3,(H,14,15). The Kier molecular flexibility index (Phi) is 2.46. The fourth-order valence-electron chi connectivity index (χ4n) is 1.34. The number of nitrogen functional groups attached to an aromatic ring is 1. The van der Waals surface area contributed by atoms with Gasteiger partial charge in [0, 0.05) is 21.3 Å². The Morgan fingerprint density at radius 2 is 2.20 bits per heavy atom. The first-order valence-electron chi connectivity index (χ1n) is 4.88. The summed E-state index contributed by atoms with van der Waals surface area (Å²) in [4.78, 5) is 11.8. The molecule has 1 aromatic rings. The number of hydrogen-bond donors (Lipinski definition) is 2. The summed E-state index contributed by atoms with van der Waals surface area (Å²) in [5.74, 6) is -0.0470. The van der Waals surface area contributed by atoms with E-state index in [2.05, 4.69) is 21.2 Å². The molecule has 3 N–H and O–H groups in total. The van der Waals surface area contributed by atoms with Crippen LogP contribution in [0.2, 0.25) is 0 Å². The predicted octanol–water partition coefficient (Wildman–Crippen LogP) is 2.31. The number of halogens is 1. The molecule has 0 bridgehead atoms. The van der Waals surface area contributed by atoms with E-state index in [1.54, 1.807) is 18.2 Å². The Labute approximate surface area is 97.2 Å². The third kappa shape index (κ3) is 2.31. The number of amides is 1. The van der Waals surface area contributed by atoms with Crippen molar-refractivity contribution in [3.8, 4) is 0 Å². The summed E-state index contributed by atoms with van der Waals surface area (Å²) >= 11 is 3.30. The highest BCUT2D eigenvalue weighted by Gasteiger charge is 2.38.